The summed E-state index contributed by atoms with van der Waals surface area (Å²) in [5.74, 6) is -0.833. The Bertz CT molecular complexity index is 1310. The third kappa shape index (κ3) is 4.38. The van der Waals surface area contributed by atoms with E-state index < -0.39 is 18.5 Å². The molecule has 2 heterocycles. The second-order valence-electron chi connectivity index (χ2n) is 6.52. The number of carboxylic acids is 1. The normalized spacial score (nSPS) is 11.1. The quantitative estimate of drug-likeness (QED) is 0.272. The molecule has 4 N–H and O–H groups in total. The van der Waals surface area contributed by atoms with Crippen LogP contribution >= 0.6 is 0 Å². The molecule has 0 bridgehead atoms. The van der Waals surface area contributed by atoms with E-state index in [1.54, 1.807) is 34.9 Å². The number of benzene rings is 2. The molecule has 0 radical (unpaired) electrons. The molecule has 0 saturated heterocycles. The van der Waals surface area contributed by atoms with E-state index in [1.165, 1.54) is 6.21 Å². The van der Waals surface area contributed by atoms with Crippen molar-refractivity contribution in [1.29, 1.82) is 0 Å². The largest absolute Gasteiger partial charge is 0.481 e. The van der Waals surface area contributed by atoms with Crippen LogP contribution in [0.25, 0.3) is 22.6 Å². The molecule has 12 nitrogen and oxygen atoms in total. The summed E-state index contributed by atoms with van der Waals surface area (Å²) in [6.45, 7) is -0.621. The zero-order valence-corrected chi connectivity index (χ0v) is 16.5. The molecule has 0 aliphatic carbocycles. The van der Waals surface area contributed by atoms with Crippen LogP contribution in [0.2, 0.25) is 0 Å². The number of hydrogen-bond donors (Lipinski definition) is 3. The van der Waals surface area contributed by atoms with E-state index in [0.29, 0.717) is 28.2 Å². The zero-order valence-electron chi connectivity index (χ0n) is 16.5. The predicted octanol–water partition coefficient (Wildman–Crippen LogP) is 1.28. The molecular weight excluding hydrogens is 418 g/mol. The molecule has 4 rings (SSSR count). The van der Waals surface area contributed by atoms with Gasteiger partial charge in [-0.15, -0.1) is 0 Å². The maximum Gasteiger partial charge on any atom is 0.341 e. The summed E-state index contributed by atoms with van der Waals surface area (Å²) in [4.78, 5) is 27.8. The average molecular weight is 435 g/mol. The number of amides is 1. The van der Waals surface area contributed by atoms with Gasteiger partial charge in [0, 0.05) is 5.56 Å². The van der Waals surface area contributed by atoms with E-state index in [-0.39, 0.29) is 18.1 Å². The summed E-state index contributed by atoms with van der Waals surface area (Å²) in [6, 6.07) is 14.0. The van der Waals surface area contributed by atoms with Crippen LogP contribution in [0.5, 0.6) is 5.75 Å². The van der Waals surface area contributed by atoms with Gasteiger partial charge >= 0.3 is 5.97 Å². The van der Waals surface area contributed by atoms with Crippen LogP contribution in [-0.2, 0) is 16.1 Å². The number of anilines is 1. The first-order valence-corrected chi connectivity index (χ1v) is 9.32. The predicted molar refractivity (Wildman–Crippen MR) is 113 cm³/mol. The first-order valence-electron chi connectivity index (χ1n) is 9.32. The minimum Gasteiger partial charge on any atom is -0.481 e. The molecule has 4 aromatic rings. The van der Waals surface area contributed by atoms with Crippen molar-refractivity contribution in [3.05, 3.63) is 54.1 Å². The number of imidazole rings is 1. The van der Waals surface area contributed by atoms with E-state index in [9.17, 15) is 9.59 Å². The van der Waals surface area contributed by atoms with Gasteiger partial charge in [0.25, 0.3) is 5.91 Å². The van der Waals surface area contributed by atoms with Crippen LogP contribution in [0.4, 0.5) is 5.82 Å². The van der Waals surface area contributed by atoms with Gasteiger partial charge in [-0.05, 0) is 34.6 Å². The van der Waals surface area contributed by atoms with Gasteiger partial charge in [-0.2, -0.15) is 5.10 Å². The van der Waals surface area contributed by atoms with E-state index in [0.717, 1.165) is 0 Å². The Labute approximate surface area is 180 Å². The van der Waals surface area contributed by atoms with Crippen LogP contribution in [0.1, 0.15) is 5.56 Å². The lowest BCUT2D eigenvalue weighted by Crippen LogP contribution is -2.23. The Morgan fingerprint density at radius 1 is 1.19 bits per heavy atom. The number of nitrogens with zero attached hydrogens (tertiary/aromatic N) is 5. The third-order valence-electron chi connectivity index (χ3n) is 4.35. The van der Waals surface area contributed by atoms with Crippen molar-refractivity contribution in [2.45, 2.75) is 6.54 Å². The van der Waals surface area contributed by atoms with Gasteiger partial charge in [-0.25, -0.2) is 19.8 Å². The molecule has 0 aliphatic heterocycles. The van der Waals surface area contributed by atoms with Crippen LogP contribution < -0.4 is 15.9 Å². The molecular formula is C20H17N7O5. The average Bonchev–Trinajstić information content (AvgIpc) is 3.36. The number of hydrogen-bond acceptors (Lipinski definition) is 9. The van der Waals surface area contributed by atoms with Gasteiger partial charge in [-0.3, -0.25) is 4.79 Å². The van der Waals surface area contributed by atoms with Crippen molar-refractivity contribution < 1.29 is 24.1 Å². The van der Waals surface area contributed by atoms with Crippen molar-refractivity contribution in [2.75, 3.05) is 12.3 Å². The maximum absolute atomic E-state index is 12.6. The van der Waals surface area contributed by atoms with Crippen LogP contribution in [0.15, 0.2) is 58.3 Å². The highest BCUT2D eigenvalue weighted by molar-refractivity contribution is 5.87. The fourth-order valence-electron chi connectivity index (χ4n) is 2.98. The van der Waals surface area contributed by atoms with E-state index in [4.69, 9.17) is 15.6 Å². The van der Waals surface area contributed by atoms with Crippen molar-refractivity contribution in [3.63, 3.8) is 0 Å². The number of rotatable bonds is 8. The number of hydrazone groups is 1. The summed E-state index contributed by atoms with van der Waals surface area (Å²) in [5.41, 5.74) is 10.3. The standard InChI is InChI=1S/C20H17N7O5/c21-19-18(25-32-26-19)20-23-13-6-2-3-7-14(13)27(20)10-16(28)24-22-9-12-5-1-4-8-15(12)31-11-17(29)30/h1-9H,10-11H2,(H2,21,26)(H,24,28)(H,29,30)/b22-9-. The fraction of sp³-hybridized carbons (Fsp3) is 0.100. The highest BCUT2D eigenvalue weighted by Crippen LogP contribution is 2.26. The molecule has 0 spiro atoms. The highest BCUT2D eigenvalue weighted by atomic mass is 16.6. The summed E-state index contributed by atoms with van der Waals surface area (Å²) in [5, 5.41) is 20.1. The molecule has 0 unspecified atom stereocenters. The molecule has 32 heavy (non-hydrogen) atoms. The summed E-state index contributed by atoms with van der Waals surface area (Å²) in [6.07, 6.45) is 1.36. The third-order valence-corrected chi connectivity index (χ3v) is 4.35. The number of fused-ring (bicyclic) bond motifs is 1. The number of carbonyl (C=O) groups is 2. The van der Waals surface area contributed by atoms with Gasteiger partial charge < -0.3 is 20.1 Å². The Morgan fingerprint density at radius 3 is 2.75 bits per heavy atom. The lowest BCUT2D eigenvalue weighted by molar-refractivity contribution is -0.139. The number of aliphatic carboxylic acids is 1. The van der Waals surface area contributed by atoms with Gasteiger partial charge in [0.2, 0.25) is 0 Å². The molecule has 12 heteroatoms. The number of aromatic nitrogens is 4. The number of nitrogens with two attached hydrogens (primary N) is 1. The Morgan fingerprint density at radius 2 is 1.97 bits per heavy atom. The van der Waals surface area contributed by atoms with Gasteiger partial charge in [-0.1, -0.05) is 24.3 Å². The molecule has 0 atom stereocenters. The molecule has 2 aromatic heterocycles. The smallest absolute Gasteiger partial charge is 0.341 e. The van der Waals surface area contributed by atoms with Gasteiger partial charge in [0.05, 0.1) is 17.2 Å². The van der Waals surface area contributed by atoms with E-state index in [1.807, 2.05) is 18.2 Å². The molecule has 0 aliphatic rings. The molecule has 1 amide bonds. The topological polar surface area (TPSA) is 171 Å². The van der Waals surface area contributed by atoms with Crippen LogP contribution in [0.3, 0.4) is 0 Å². The van der Waals surface area contributed by atoms with E-state index in [2.05, 4.69) is 30.5 Å². The maximum atomic E-state index is 12.6. The molecule has 0 fully saturated rings. The Kier molecular flexibility index (Phi) is 5.74. The molecule has 2 aromatic carbocycles. The minimum atomic E-state index is -1.10. The van der Waals surface area contributed by atoms with Crippen molar-refractivity contribution in [2.24, 2.45) is 5.10 Å². The number of ether oxygens (including phenoxy) is 1. The van der Waals surface area contributed by atoms with E-state index >= 15 is 0 Å². The highest BCUT2D eigenvalue weighted by Gasteiger charge is 2.20. The second kappa shape index (κ2) is 8.95. The first-order chi connectivity index (χ1) is 15.5. The van der Waals surface area contributed by atoms with Gasteiger partial charge in [0.1, 0.15) is 12.3 Å². The van der Waals surface area contributed by atoms with Crippen molar-refractivity contribution in [3.8, 4) is 17.3 Å². The van der Waals surface area contributed by atoms with Crippen molar-refractivity contribution in [1.82, 2.24) is 25.3 Å². The number of nitrogen functional groups attached to an aromatic ring is 1. The SMILES string of the molecule is Nc1nonc1-c1nc2ccccc2n1CC(=O)N/N=C\c1ccccc1OCC(=O)O. The summed E-state index contributed by atoms with van der Waals surface area (Å²) >= 11 is 0. The number of carboxylic acid groups (broad SMARTS) is 1. The minimum absolute atomic E-state index is 0.0537. The number of nitrogens with one attached hydrogen (secondary N) is 1. The fourth-order valence-corrected chi connectivity index (χ4v) is 2.98. The lowest BCUT2D eigenvalue weighted by atomic mass is 10.2. The van der Waals surface area contributed by atoms with Gasteiger partial charge in [0.15, 0.2) is 23.9 Å². The lowest BCUT2D eigenvalue weighted by Gasteiger charge is -2.07. The van der Waals surface area contributed by atoms with Crippen LogP contribution in [-0.4, -0.2) is 49.7 Å². The number of carbonyl (C=O) groups excluding carboxylic acids is 1. The second-order valence-corrected chi connectivity index (χ2v) is 6.52. The molecule has 0 saturated carbocycles. The Hall–Kier alpha value is -4.74. The summed E-state index contributed by atoms with van der Waals surface area (Å²) < 4.78 is 11.5. The van der Waals surface area contributed by atoms with Crippen molar-refractivity contribution >= 4 is 34.9 Å². The monoisotopic (exact) mass is 435 g/mol. The molecule has 162 valence electrons. The zero-order chi connectivity index (χ0) is 22.5. The van der Waals surface area contributed by atoms with Crippen LogP contribution in [0, 0.1) is 0 Å². The Balaban J connectivity index is 1.52. The summed E-state index contributed by atoms with van der Waals surface area (Å²) in [7, 11) is 0. The number of para-hydroxylation sites is 3. The first kappa shape index (κ1) is 20.5.